The lowest BCUT2D eigenvalue weighted by molar-refractivity contribution is 0.414. The number of ether oxygens (including phenoxy) is 1. The van der Waals surface area contributed by atoms with E-state index in [2.05, 4.69) is 26.0 Å². The Morgan fingerprint density at radius 1 is 1.32 bits per heavy atom. The van der Waals surface area contributed by atoms with E-state index in [0.717, 1.165) is 13.0 Å². The predicted octanol–water partition coefficient (Wildman–Crippen LogP) is 1.77. The molecule has 0 amide bonds. The highest BCUT2D eigenvalue weighted by molar-refractivity contribution is 9.10. The van der Waals surface area contributed by atoms with Crippen LogP contribution in [0.4, 0.5) is 0 Å². The predicted molar refractivity (Wildman–Crippen MR) is 81.7 cm³/mol. The van der Waals surface area contributed by atoms with Crippen molar-refractivity contribution in [3.63, 3.8) is 0 Å². The summed E-state index contributed by atoms with van der Waals surface area (Å²) >= 11 is 3.23. The van der Waals surface area contributed by atoms with Crippen LogP contribution in [-0.2, 0) is 10.0 Å². The van der Waals surface area contributed by atoms with Crippen LogP contribution in [0.5, 0.6) is 5.75 Å². The Hall–Kier alpha value is -0.340. The highest BCUT2D eigenvalue weighted by Crippen LogP contribution is 2.26. The summed E-state index contributed by atoms with van der Waals surface area (Å²) in [5.74, 6) is 0.607. The molecule has 19 heavy (non-hydrogen) atoms. The normalized spacial score (nSPS) is 10.9. The molecule has 0 aliphatic heterocycles. The molecule has 0 atom stereocenters. The molecule has 0 saturated heterocycles. The fourth-order valence-corrected chi connectivity index (χ4v) is 3.50. The second kappa shape index (κ2) is 8.76. The van der Waals surface area contributed by atoms with Gasteiger partial charge in [-0.2, -0.15) is 0 Å². The second-order valence-corrected chi connectivity index (χ2v) is 6.24. The number of sulfonamides is 1. The zero-order valence-corrected chi connectivity index (χ0v) is 14.0. The maximum absolute atomic E-state index is 12.0. The summed E-state index contributed by atoms with van der Waals surface area (Å²) in [5, 5.41) is 2.96. The van der Waals surface area contributed by atoms with Crippen LogP contribution in [-0.4, -0.2) is 35.7 Å². The van der Waals surface area contributed by atoms with Crippen molar-refractivity contribution in [2.75, 3.05) is 27.2 Å². The summed E-state index contributed by atoms with van der Waals surface area (Å²) in [7, 11) is -0.115. The molecule has 5 nitrogen and oxygen atoms in total. The Morgan fingerprint density at radius 3 is 2.53 bits per heavy atom. The third kappa shape index (κ3) is 5.66. The molecule has 0 heterocycles. The largest absolute Gasteiger partial charge is 0.497 e. The average Bonchev–Trinajstić information content (AvgIpc) is 2.34. The lowest BCUT2D eigenvalue weighted by Gasteiger charge is -2.09. The second-order valence-electron chi connectivity index (χ2n) is 3.65. The Bertz CT molecular complexity index is 497. The number of hydrogen-bond donors (Lipinski definition) is 2. The van der Waals surface area contributed by atoms with E-state index < -0.39 is 10.0 Å². The molecule has 1 aromatic rings. The number of methoxy groups -OCH3 is 1. The van der Waals surface area contributed by atoms with Gasteiger partial charge in [-0.25, -0.2) is 13.1 Å². The van der Waals surface area contributed by atoms with Crippen molar-refractivity contribution in [2.45, 2.75) is 11.3 Å². The van der Waals surface area contributed by atoms with Gasteiger partial charge in [-0.05, 0) is 54.1 Å². The van der Waals surface area contributed by atoms with Crippen molar-refractivity contribution in [1.29, 1.82) is 0 Å². The number of halogens is 2. The van der Waals surface area contributed by atoms with Crippen LogP contribution >= 0.6 is 28.3 Å². The van der Waals surface area contributed by atoms with Gasteiger partial charge < -0.3 is 10.1 Å². The van der Waals surface area contributed by atoms with E-state index in [1.807, 2.05) is 7.05 Å². The quantitative estimate of drug-likeness (QED) is 0.715. The summed E-state index contributed by atoms with van der Waals surface area (Å²) in [6.07, 6.45) is 0.740. The molecule has 1 aromatic carbocycles. The Morgan fingerprint density at radius 2 is 2.00 bits per heavy atom. The zero-order chi connectivity index (χ0) is 13.6. The van der Waals surface area contributed by atoms with E-state index in [0.29, 0.717) is 16.8 Å². The molecule has 0 radical (unpaired) electrons. The van der Waals surface area contributed by atoms with Gasteiger partial charge in [0.15, 0.2) is 0 Å². The van der Waals surface area contributed by atoms with Gasteiger partial charge in [-0.3, -0.25) is 0 Å². The van der Waals surface area contributed by atoms with Crippen LogP contribution in [0.25, 0.3) is 0 Å². The standard InChI is InChI=1S/C11H17BrN2O3S.ClH/c1-13-6-3-7-14-18(15,16)11-5-4-9(17-2)8-10(11)12;/h4-5,8,13-14H,3,6-7H2,1-2H3;1H. The Kier molecular flexibility index (Phi) is 8.60. The van der Waals surface area contributed by atoms with Gasteiger partial charge in [0.1, 0.15) is 5.75 Å². The number of benzene rings is 1. The Labute approximate surface area is 128 Å². The third-order valence-electron chi connectivity index (χ3n) is 2.32. The van der Waals surface area contributed by atoms with Crippen molar-refractivity contribution >= 4 is 38.4 Å². The summed E-state index contributed by atoms with van der Waals surface area (Å²) in [4.78, 5) is 0.216. The Balaban J connectivity index is 0.00000324. The van der Waals surface area contributed by atoms with Crippen molar-refractivity contribution in [3.05, 3.63) is 22.7 Å². The molecular formula is C11H18BrClN2O3S. The van der Waals surface area contributed by atoms with Gasteiger partial charge in [0, 0.05) is 11.0 Å². The molecular weight excluding hydrogens is 356 g/mol. The van der Waals surface area contributed by atoms with Gasteiger partial charge in [-0.15, -0.1) is 12.4 Å². The molecule has 110 valence electrons. The molecule has 0 fully saturated rings. The average molecular weight is 374 g/mol. The lowest BCUT2D eigenvalue weighted by atomic mass is 10.3. The van der Waals surface area contributed by atoms with E-state index >= 15 is 0 Å². The molecule has 8 heteroatoms. The molecule has 0 saturated carbocycles. The topological polar surface area (TPSA) is 67.4 Å². The highest BCUT2D eigenvalue weighted by Gasteiger charge is 2.17. The fourth-order valence-electron chi connectivity index (χ4n) is 1.38. The van der Waals surface area contributed by atoms with Crippen LogP contribution in [0.1, 0.15) is 6.42 Å². The third-order valence-corrected chi connectivity index (χ3v) is 4.76. The van der Waals surface area contributed by atoms with Gasteiger partial charge in [0.25, 0.3) is 0 Å². The minimum Gasteiger partial charge on any atom is -0.497 e. The van der Waals surface area contributed by atoms with Crippen molar-refractivity contribution in [2.24, 2.45) is 0 Å². The minimum absolute atomic E-state index is 0. The van der Waals surface area contributed by atoms with E-state index in [1.54, 1.807) is 12.1 Å². The summed E-state index contributed by atoms with van der Waals surface area (Å²) in [6.45, 7) is 1.17. The first-order chi connectivity index (χ1) is 8.51. The van der Waals surface area contributed by atoms with Crippen LogP contribution in [0.15, 0.2) is 27.6 Å². The maximum Gasteiger partial charge on any atom is 0.241 e. The van der Waals surface area contributed by atoms with Crippen molar-refractivity contribution in [1.82, 2.24) is 10.0 Å². The van der Waals surface area contributed by atoms with Gasteiger partial charge in [-0.1, -0.05) is 0 Å². The van der Waals surface area contributed by atoms with Crippen LogP contribution in [0.2, 0.25) is 0 Å². The molecule has 1 rings (SSSR count). The summed E-state index contributed by atoms with van der Waals surface area (Å²) in [5.41, 5.74) is 0. The molecule has 0 aliphatic rings. The van der Waals surface area contributed by atoms with Gasteiger partial charge in [0.05, 0.1) is 12.0 Å². The van der Waals surface area contributed by atoms with E-state index in [-0.39, 0.29) is 17.3 Å². The zero-order valence-electron chi connectivity index (χ0n) is 10.8. The highest BCUT2D eigenvalue weighted by atomic mass is 79.9. The minimum atomic E-state index is -3.48. The first-order valence-electron chi connectivity index (χ1n) is 5.49. The van der Waals surface area contributed by atoms with E-state index in [9.17, 15) is 8.42 Å². The smallest absolute Gasteiger partial charge is 0.241 e. The number of rotatable bonds is 7. The van der Waals surface area contributed by atoms with Crippen molar-refractivity contribution in [3.8, 4) is 5.75 Å². The van der Waals surface area contributed by atoms with Gasteiger partial charge in [0.2, 0.25) is 10.0 Å². The maximum atomic E-state index is 12.0. The molecule has 2 N–H and O–H groups in total. The fraction of sp³-hybridized carbons (Fsp3) is 0.455. The molecule has 0 spiro atoms. The van der Waals surface area contributed by atoms with Crippen LogP contribution in [0, 0.1) is 0 Å². The molecule has 0 aromatic heterocycles. The lowest BCUT2D eigenvalue weighted by Crippen LogP contribution is -2.27. The summed E-state index contributed by atoms with van der Waals surface area (Å²) in [6, 6.07) is 4.76. The number of nitrogens with one attached hydrogen (secondary N) is 2. The van der Waals surface area contributed by atoms with Crippen LogP contribution in [0.3, 0.4) is 0 Å². The molecule has 0 unspecified atom stereocenters. The SMILES string of the molecule is CNCCCNS(=O)(=O)c1ccc(OC)cc1Br.Cl. The number of hydrogen-bond acceptors (Lipinski definition) is 4. The summed E-state index contributed by atoms with van der Waals surface area (Å²) < 4.78 is 32.1. The van der Waals surface area contributed by atoms with Crippen molar-refractivity contribution < 1.29 is 13.2 Å². The molecule has 0 aliphatic carbocycles. The molecule has 0 bridgehead atoms. The first-order valence-corrected chi connectivity index (χ1v) is 7.76. The van der Waals surface area contributed by atoms with E-state index in [4.69, 9.17) is 4.74 Å². The van der Waals surface area contributed by atoms with Crippen LogP contribution < -0.4 is 14.8 Å². The monoisotopic (exact) mass is 372 g/mol. The van der Waals surface area contributed by atoms with E-state index in [1.165, 1.54) is 13.2 Å². The van der Waals surface area contributed by atoms with Gasteiger partial charge >= 0.3 is 0 Å². The first kappa shape index (κ1) is 18.7.